The van der Waals surface area contributed by atoms with Crippen molar-refractivity contribution in [2.45, 2.75) is 31.5 Å². The van der Waals surface area contributed by atoms with E-state index in [1.165, 1.54) is 16.9 Å². The Balaban J connectivity index is 1.53. The van der Waals surface area contributed by atoms with E-state index in [4.69, 9.17) is 4.98 Å². The zero-order valence-corrected chi connectivity index (χ0v) is 19.5. The van der Waals surface area contributed by atoms with Gasteiger partial charge in [0.15, 0.2) is 4.34 Å². The molecule has 2 heterocycles. The van der Waals surface area contributed by atoms with Gasteiger partial charge in [0.05, 0.1) is 5.92 Å². The van der Waals surface area contributed by atoms with Crippen molar-refractivity contribution in [1.82, 2.24) is 4.98 Å². The van der Waals surface area contributed by atoms with Crippen LogP contribution in [-0.4, -0.2) is 29.1 Å². The van der Waals surface area contributed by atoms with Crippen LogP contribution in [0.3, 0.4) is 0 Å². The molecule has 0 saturated carbocycles. The fourth-order valence-corrected chi connectivity index (χ4v) is 5.57. The van der Waals surface area contributed by atoms with Crippen molar-refractivity contribution in [3.05, 3.63) is 59.7 Å². The molecule has 0 aliphatic carbocycles. The number of hydrogen-bond donors (Lipinski definition) is 1. The van der Waals surface area contributed by atoms with Crippen LogP contribution in [0.5, 0.6) is 0 Å². The molecule has 1 atom stereocenters. The first-order valence-electron chi connectivity index (χ1n) is 10.3. The lowest BCUT2D eigenvalue weighted by Crippen LogP contribution is -2.28. The molecule has 1 N–H and O–H groups in total. The Kier molecular flexibility index (Phi) is 6.43. The summed E-state index contributed by atoms with van der Waals surface area (Å²) in [5, 5.41) is 3.81. The van der Waals surface area contributed by atoms with Crippen molar-refractivity contribution in [1.29, 1.82) is 0 Å². The van der Waals surface area contributed by atoms with E-state index in [2.05, 4.69) is 12.2 Å². The fourth-order valence-electron chi connectivity index (χ4n) is 3.60. The summed E-state index contributed by atoms with van der Waals surface area (Å²) >= 11 is 3.15. The number of amides is 2. The van der Waals surface area contributed by atoms with Crippen LogP contribution in [-0.2, 0) is 9.59 Å². The van der Waals surface area contributed by atoms with E-state index in [9.17, 15) is 9.59 Å². The van der Waals surface area contributed by atoms with Gasteiger partial charge in [-0.05, 0) is 42.9 Å². The second-order valence-electron chi connectivity index (χ2n) is 7.62. The molecule has 3 aromatic rings. The number of carbonyl (C=O) groups is 2. The number of hydrogen-bond acceptors (Lipinski definition) is 5. The predicted molar refractivity (Wildman–Crippen MR) is 129 cm³/mol. The van der Waals surface area contributed by atoms with Crippen molar-refractivity contribution >= 4 is 45.6 Å². The van der Waals surface area contributed by atoms with Crippen LogP contribution in [0.25, 0.3) is 11.3 Å². The minimum Gasteiger partial charge on any atom is -0.316 e. The van der Waals surface area contributed by atoms with Crippen LogP contribution >= 0.6 is 23.1 Å². The lowest BCUT2D eigenvalue weighted by Gasteiger charge is -2.18. The number of thioether (sulfide) groups is 1. The van der Waals surface area contributed by atoms with Gasteiger partial charge >= 0.3 is 0 Å². The van der Waals surface area contributed by atoms with E-state index in [1.54, 1.807) is 16.7 Å². The first-order valence-corrected chi connectivity index (χ1v) is 12.1. The van der Waals surface area contributed by atoms with E-state index in [0.29, 0.717) is 6.54 Å². The number of thiazole rings is 1. The highest BCUT2D eigenvalue weighted by Crippen LogP contribution is 2.38. The lowest BCUT2D eigenvalue weighted by atomic mass is 10.1. The summed E-state index contributed by atoms with van der Waals surface area (Å²) in [4.78, 5) is 32.2. The number of aryl methyl sites for hydroxylation is 2. The van der Waals surface area contributed by atoms with Crippen molar-refractivity contribution in [3.63, 3.8) is 0 Å². The first-order chi connectivity index (χ1) is 15.0. The summed E-state index contributed by atoms with van der Waals surface area (Å²) in [6.45, 7) is 6.55. The van der Waals surface area contributed by atoms with Gasteiger partial charge < -0.3 is 10.2 Å². The number of nitrogens with zero attached hydrogens (tertiary/aromatic N) is 2. The fraction of sp³-hybridized carbons (Fsp3) is 0.292. The van der Waals surface area contributed by atoms with Crippen LogP contribution in [0, 0.1) is 19.8 Å². The molecule has 1 saturated heterocycles. The summed E-state index contributed by atoms with van der Waals surface area (Å²) < 4.78 is 0.927. The first kappa shape index (κ1) is 21.6. The van der Waals surface area contributed by atoms with Crippen LogP contribution in [0.2, 0.25) is 0 Å². The Bertz CT molecular complexity index is 1110. The molecular formula is C24H25N3O2S2. The number of aromatic nitrogens is 1. The van der Waals surface area contributed by atoms with Gasteiger partial charge in [0.1, 0.15) is 10.7 Å². The molecule has 1 unspecified atom stereocenters. The molecule has 1 aliphatic rings. The predicted octanol–water partition coefficient (Wildman–Crippen LogP) is 5.53. The summed E-state index contributed by atoms with van der Waals surface area (Å²) in [5.41, 5.74) is 4.93. The molecule has 7 heteroatoms. The number of rotatable bonds is 6. The molecule has 0 spiro atoms. The van der Waals surface area contributed by atoms with E-state index >= 15 is 0 Å². The highest BCUT2D eigenvalue weighted by Gasteiger charge is 2.35. The van der Waals surface area contributed by atoms with Gasteiger partial charge in [0.2, 0.25) is 11.8 Å². The third-order valence-corrected chi connectivity index (χ3v) is 7.45. The molecule has 2 aromatic carbocycles. The molecule has 2 amide bonds. The quantitative estimate of drug-likeness (QED) is 0.501. The largest absolute Gasteiger partial charge is 0.316 e. The third-order valence-electron chi connectivity index (χ3n) is 5.46. The summed E-state index contributed by atoms with van der Waals surface area (Å²) in [5.74, 6) is 0.380. The third kappa shape index (κ3) is 4.67. The minimum atomic E-state index is -0.387. The molecule has 5 nitrogen and oxygen atoms in total. The second kappa shape index (κ2) is 9.24. The summed E-state index contributed by atoms with van der Waals surface area (Å²) in [6.07, 6.45) is 0.217. The lowest BCUT2D eigenvalue weighted by molar-refractivity contribution is -0.122. The zero-order chi connectivity index (χ0) is 22.0. The topological polar surface area (TPSA) is 62.3 Å². The summed E-state index contributed by atoms with van der Waals surface area (Å²) in [6, 6.07) is 15.8. The molecule has 0 radical (unpaired) electrons. The number of nitrogens with one attached hydrogen (secondary N) is 1. The van der Waals surface area contributed by atoms with Crippen molar-refractivity contribution in [2.75, 3.05) is 22.5 Å². The van der Waals surface area contributed by atoms with Crippen LogP contribution < -0.4 is 10.2 Å². The van der Waals surface area contributed by atoms with Gasteiger partial charge in [-0.2, -0.15) is 0 Å². The highest BCUT2D eigenvalue weighted by molar-refractivity contribution is 8.01. The maximum atomic E-state index is 13.1. The van der Waals surface area contributed by atoms with Crippen LogP contribution in [0.1, 0.15) is 24.5 Å². The van der Waals surface area contributed by atoms with Crippen LogP contribution in [0.4, 0.5) is 10.7 Å². The Morgan fingerprint density at radius 1 is 1.19 bits per heavy atom. The van der Waals surface area contributed by atoms with Crippen LogP contribution in [0.15, 0.2) is 52.9 Å². The Morgan fingerprint density at radius 2 is 1.97 bits per heavy atom. The van der Waals surface area contributed by atoms with E-state index in [-0.39, 0.29) is 24.2 Å². The second-order valence-corrected chi connectivity index (χ2v) is 10.1. The molecule has 160 valence electrons. The number of benzene rings is 2. The van der Waals surface area contributed by atoms with Gasteiger partial charge in [-0.15, -0.1) is 0 Å². The zero-order valence-electron chi connectivity index (χ0n) is 17.8. The summed E-state index contributed by atoms with van der Waals surface area (Å²) in [7, 11) is 0. The number of carbonyl (C=O) groups excluding carboxylic acids is 2. The SMILES string of the molecule is CCSc1nc(-c2ccccc2)c(NC(=O)C2CC(=O)N(c3ccc(C)c(C)c3)C2)s1. The van der Waals surface area contributed by atoms with Gasteiger partial charge in [0.25, 0.3) is 0 Å². The number of anilines is 2. The average Bonchev–Trinajstić information content (AvgIpc) is 3.34. The molecule has 1 aliphatic heterocycles. The van der Waals surface area contributed by atoms with E-state index < -0.39 is 0 Å². The maximum Gasteiger partial charge on any atom is 0.230 e. The monoisotopic (exact) mass is 451 g/mol. The minimum absolute atomic E-state index is 0.0155. The molecule has 4 rings (SSSR count). The van der Waals surface area contributed by atoms with Gasteiger partial charge in [-0.1, -0.05) is 66.4 Å². The Morgan fingerprint density at radius 3 is 2.68 bits per heavy atom. The Labute approximate surface area is 190 Å². The molecule has 31 heavy (non-hydrogen) atoms. The molecule has 1 aromatic heterocycles. The van der Waals surface area contributed by atoms with Crippen molar-refractivity contribution in [2.24, 2.45) is 5.92 Å². The van der Waals surface area contributed by atoms with E-state index in [1.807, 2.05) is 62.4 Å². The smallest absolute Gasteiger partial charge is 0.230 e. The van der Waals surface area contributed by atoms with E-state index in [0.717, 1.165) is 37.6 Å². The molecule has 1 fully saturated rings. The Hall–Kier alpha value is -2.64. The van der Waals surface area contributed by atoms with Crippen molar-refractivity contribution in [3.8, 4) is 11.3 Å². The molecule has 0 bridgehead atoms. The molecular weight excluding hydrogens is 426 g/mol. The normalized spacial score (nSPS) is 16.0. The van der Waals surface area contributed by atoms with Gasteiger partial charge in [-0.25, -0.2) is 4.98 Å². The standard InChI is InChI=1S/C24H25N3O2S2/c1-4-30-24-25-21(17-8-6-5-7-9-17)23(31-24)26-22(29)18-13-20(28)27(14-18)19-11-10-15(2)16(3)12-19/h5-12,18H,4,13-14H2,1-3H3,(H,26,29). The van der Waals surface area contributed by atoms with Crippen molar-refractivity contribution < 1.29 is 9.59 Å². The van der Waals surface area contributed by atoms with Gasteiger partial charge in [-0.3, -0.25) is 9.59 Å². The highest BCUT2D eigenvalue weighted by atomic mass is 32.2. The average molecular weight is 452 g/mol. The maximum absolute atomic E-state index is 13.1. The van der Waals surface area contributed by atoms with Gasteiger partial charge in [0, 0.05) is 24.2 Å².